The molecule has 17 heavy (non-hydrogen) atoms. The number of alkyl halides is 6. The monoisotopic (exact) mass is 258 g/mol. The molecule has 0 saturated heterocycles. The molecule has 0 radical (unpaired) electrons. The smallest absolute Gasteiger partial charge is 0.422 e. The van der Waals surface area contributed by atoms with E-state index in [-0.39, 0.29) is 0 Å². The summed E-state index contributed by atoms with van der Waals surface area (Å²) in [4.78, 5) is 0. The molecule has 7 heteroatoms. The lowest BCUT2D eigenvalue weighted by atomic mass is 9.89. The molecule has 1 aliphatic carbocycles. The van der Waals surface area contributed by atoms with Crippen LogP contribution in [0.5, 0.6) is 0 Å². The fraction of sp³-hybridized carbons (Fsp3) is 0.400. The second kappa shape index (κ2) is 4.46. The zero-order chi connectivity index (χ0) is 13.2. The van der Waals surface area contributed by atoms with Crippen LogP contribution in [0.1, 0.15) is 0 Å². The quantitative estimate of drug-likeness (QED) is 0.553. The van der Waals surface area contributed by atoms with E-state index in [1.165, 1.54) is 12.2 Å². The lowest BCUT2D eigenvalue weighted by Crippen LogP contribution is -2.31. The lowest BCUT2D eigenvalue weighted by Gasteiger charge is -2.24. The maximum Gasteiger partial charge on any atom is 0.422 e. The standard InChI is InChI=1S/C10H8F6O/c11-9(12,13)7-17-6-5-8(10(14,15)16)3-1-2-4-8/h1-6H,7H2/b6-5+. The summed E-state index contributed by atoms with van der Waals surface area (Å²) in [5.74, 6) is 0. The van der Waals surface area contributed by atoms with Gasteiger partial charge < -0.3 is 4.74 Å². The molecule has 0 aliphatic heterocycles. The molecule has 0 heterocycles. The Morgan fingerprint density at radius 2 is 1.53 bits per heavy atom. The van der Waals surface area contributed by atoms with Gasteiger partial charge in [-0.25, -0.2) is 0 Å². The number of rotatable bonds is 3. The van der Waals surface area contributed by atoms with Crippen LogP contribution < -0.4 is 0 Å². The van der Waals surface area contributed by atoms with Gasteiger partial charge in [0.15, 0.2) is 6.61 Å². The summed E-state index contributed by atoms with van der Waals surface area (Å²) in [5, 5.41) is 0. The minimum atomic E-state index is -4.62. The first-order valence-corrected chi connectivity index (χ1v) is 4.46. The van der Waals surface area contributed by atoms with Crippen molar-refractivity contribution in [3.63, 3.8) is 0 Å². The van der Waals surface area contributed by atoms with Crippen LogP contribution in [0.2, 0.25) is 0 Å². The second-order valence-corrected chi connectivity index (χ2v) is 3.38. The average molecular weight is 258 g/mol. The Balaban J connectivity index is 2.68. The molecule has 96 valence electrons. The van der Waals surface area contributed by atoms with Crippen LogP contribution >= 0.6 is 0 Å². The van der Waals surface area contributed by atoms with E-state index in [4.69, 9.17) is 0 Å². The van der Waals surface area contributed by atoms with Gasteiger partial charge in [0.2, 0.25) is 0 Å². The van der Waals surface area contributed by atoms with Crippen LogP contribution in [-0.2, 0) is 4.74 Å². The third kappa shape index (κ3) is 3.54. The first-order chi connectivity index (χ1) is 7.66. The molecule has 0 unspecified atom stereocenters. The predicted octanol–water partition coefficient (Wildman–Crippen LogP) is 3.75. The number of allylic oxidation sites excluding steroid dienone is 5. The van der Waals surface area contributed by atoms with E-state index < -0.39 is 24.4 Å². The van der Waals surface area contributed by atoms with Gasteiger partial charge in [-0.1, -0.05) is 24.3 Å². The third-order valence-corrected chi connectivity index (χ3v) is 2.03. The van der Waals surface area contributed by atoms with E-state index in [1.54, 1.807) is 0 Å². The van der Waals surface area contributed by atoms with Crippen LogP contribution in [0.15, 0.2) is 36.6 Å². The maximum atomic E-state index is 12.6. The second-order valence-electron chi connectivity index (χ2n) is 3.38. The Bertz CT molecular complexity index is 335. The largest absolute Gasteiger partial charge is 0.492 e. The topological polar surface area (TPSA) is 9.23 Å². The van der Waals surface area contributed by atoms with Crippen molar-refractivity contribution in [2.24, 2.45) is 5.41 Å². The Kier molecular flexibility index (Phi) is 3.59. The van der Waals surface area contributed by atoms with Crippen LogP contribution in [0.25, 0.3) is 0 Å². The summed E-state index contributed by atoms with van der Waals surface area (Å²) >= 11 is 0. The van der Waals surface area contributed by atoms with Crippen molar-refractivity contribution in [1.82, 2.24) is 0 Å². The molecule has 1 nitrogen and oxygen atoms in total. The molecule has 0 atom stereocenters. The summed E-state index contributed by atoms with van der Waals surface area (Å²) in [5.41, 5.74) is -2.38. The minimum absolute atomic E-state index is 0.418. The highest BCUT2D eigenvalue weighted by Crippen LogP contribution is 2.44. The number of ether oxygens (including phenoxy) is 1. The van der Waals surface area contributed by atoms with Gasteiger partial charge in [0.1, 0.15) is 5.41 Å². The summed E-state index contributed by atoms with van der Waals surface area (Å²) in [7, 11) is 0. The highest BCUT2D eigenvalue weighted by molar-refractivity contribution is 5.33. The fourth-order valence-electron chi connectivity index (χ4n) is 1.18. The number of hydrogen-bond acceptors (Lipinski definition) is 1. The summed E-state index contributed by atoms with van der Waals surface area (Å²) in [6, 6.07) is 0. The molecule has 1 aliphatic rings. The van der Waals surface area contributed by atoms with Crippen LogP contribution in [0, 0.1) is 5.41 Å². The molecular weight excluding hydrogens is 250 g/mol. The normalized spacial score (nSPS) is 19.2. The summed E-state index contributed by atoms with van der Waals surface area (Å²) in [6.45, 7) is -1.62. The van der Waals surface area contributed by atoms with Crippen molar-refractivity contribution in [2.45, 2.75) is 12.4 Å². The average Bonchev–Trinajstić information content (AvgIpc) is 2.59. The van der Waals surface area contributed by atoms with Crippen molar-refractivity contribution in [3.8, 4) is 0 Å². The molecule has 0 aromatic rings. The van der Waals surface area contributed by atoms with Crippen LogP contribution in [-0.4, -0.2) is 19.0 Å². The molecule has 0 N–H and O–H groups in total. The Morgan fingerprint density at radius 1 is 1.00 bits per heavy atom. The van der Waals surface area contributed by atoms with E-state index in [2.05, 4.69) is 4.74 Å². The Hall–Kier alpha value is -1.40. The third-order valence-electron chi connectivity index (χ3n) is 2.03. The van der Waals surface area contributed by atoms with Crippen LogP contribution in [0.3, 0.4) is 0 Å². The van der Waals surface area contributed by atoms with Gasteiger partial charge >= 0.3 is 12.4 Å². The molecule has 0 saturated carbocycles. The molecule has 0 aromatic carbocycles. The first kappa shape index (κ1) is 13.7. The zero-order valence-electron chi connectivity index (χ0n) is 8.35. The maximum absolute atomic E-state index is 12.6. The van der Waals surface area contributed by atoms with Gasteiger partial charge in [0.05, 0.1) is 6.26 Å². The number of hydrogen-bond donors (Lipinski definition) is 0. The van der Waals surface area contributed by atoms with E-state index in [0.29, 0.717) is 12.3 Å². The fourth-order valence-corrected chi connectivity index (χ4v) is 1.18. The van der Waals surface area contributed by atoms with Gasteiger partial charge in [-0.2, -0.15) is 26.3 Å². The van der Waals surface area contributed by atoms with E-state index in [9.17, 15) is 26.3 Å². The van der Waals surface area contributed by atoms with Crippen molar-refractivity contribution < 1.29 is 31.1 Å². The Labute approximate surface area is 93.1 Å². The van der Waals surface area contributed by atoms with Crippen molar-refractivity contribution >= 4 is 0 Å². The van der Waals surface area contributed by atoms with Gasteiger partial charge in [-0.3, -0.25) is 0 Å². The van der Waals surface area contributed by atoms with Gasteiger partial charge in [0, 0.05) is 0 Å². The van der Waals surface area contributed by atoms with Crippen LogP contribution in [0.4, 0.5) is 26.3 Å². The van der Waals surface area contributed by atoms with E-state index in [1.807, 2.05) is 0 Å². The highest BCUT2D eigenvalue weighted by atomic mass is 19.4. The summed E-state index contributed by atoms with van der Waals surface area (Å²) in [6.07, 6.45) is -4.23. The van der Waals surface area contributed by atoms with Crippen molar-refractivity contribution in [1.29, 1.82) is 0 Å². The zero-order valence-corrected chi connectivity index (χ0v) is 8.35. The number of halogens is 6. The van der Waals surface area contributed by atoms with E-state index >= 15 is 0 Å². The van der Waals surface area contributed by atoms with Gasteiger partial charge in [0.25, 0.3) is 0 Å². The molecular formula is C10H8F6O. The van der Waals surface area contributed by atoms with Crippen molar-refractivity contribution in [3.05, 3.63) is 36.6 Å². The van der Waals surface area contributed by atoms with E-state index in [0.717, 1.165) is 12.2 Å². The first-order valence-electron chi connectivity index (χ1n) is 4.46. The highest BCUT2D eigenvalue weighted by Gasteiger charge is 2.50. The molecule has 1 rings (SSSR count). The molecule has 0 spiro atoms. The Morgan fingerprint density at radius 3 is 1.94 bits per heavy atom. The predicted molar refractivity (Wildman–Crippen MR) is 47.9 cm³/mol. The molecule has 0 aromatic heterocycles. The lowest BCUT2D eigenvalue weighted by molar-refractivity contribution is -0.174. The van der Waals surface area contributed by atoms with Gasteiger partial charge in [-0.05, 0) is 6.08 Å². The molecule has 0 amide bonds. The molecule has 0 fully saturated rings. The SMILES string of the molecule is FC(F)(F)CO/C=C/C1(C(F)(F)F)C=CC=C1. The summed E-state index contributed by atoms with van der Waals surface area (Å²) < 4.78 is 77.0. The molecule has 0 bridgehead atoms. The minimum Gasteiger partial charge on any atom is -0.492 e. The van der Waals surface area contributed by atoms with Gasteiger partial charge in [-0.15, -0.1) is 0 Å². The van der Waals surface area contributed by atoms with Crippen molar-refractivity contribution in [2.75, 3.05) is 6.61 Å².